The van der Waals surface area contributed by atoms with Crippen LogP contribution < -0.4 is 5.32 Å². The molecule has 0 amide bonds. The van der Waals surface area contributed by atoms with Gasteiger partial charge in [-0.2, -0.15) is 0 Å². The van der Waals surface area contributed by atoms with E-state index in [1.54, 1.807) is 0 Å². The van der Waals surface area contributed by atoms with Gasteiger partial charge in [-0.25, -0.2) is 0 Å². The van der Waals surface area contributed by atoms with E-state index in [0.717, 1.165) is 39.1 Å². The molecule has 5 nitrogen and oxygen atoms in total. The largest absolute Gasteiger partial charge is 0.465 e. The summed E-state index contributed by atoms with van der Waals surface area (Å²) in [6.45, 7) is 8.22. The van der Waals surface area contributed by atoms with E-state index in [1.807, 2.05) is 6.92 Å². The number of nitrogens with zero attached hydrogens (tertiary/aromatic N) is 1. The van der Waals surface area contributed by atoms with Crippen LogP contribution in [0.2, 0.25) is 0 Å². The van der Waals surface area contributed by atoms with Crippen LogP contribution in [0.4, 0.5) is 0 Å². The van der Waals surface area contributed by atoms with Crippen molar-refractivity contribution >= 4 is 5.97 Å². The van der Waals surface area contributed by atoms with Gasteiger partial charge in [0, 0.05) is 32.3 Å². The third kappa shape index (κ3) is 5.38. The van der Waals surface area contributed by atoms with Crippen LogP contribution in [-0.2, 0) is 14.3 Å². The Morgan fingerprint density at radius 3 is 3.00 bits per heavy atom. The lowest BCUT2D eigenvalue weighted by Crippen LogP contribution is -2.43. The Bertz CT molecular complexity index is 307. The van der Waals surface area contributed by atoms with Crippen LogP contribution in [0.1, 0.15) is 39.5 Å². The number of nitrogens with one attached hydrogen (secondary N) is 1. The minimum atomic E-state index is -0.151. The first-order chi connectivity index (χ1) is 9.69. The number of rotatable bonds is 7. The molecule has 1 saturated carbocycles. The fourth-order valence-corrected chi connectivity index (χ4v) is 2.64. The summed E-state index contributed by atoms with van der Waals surface area (Å²) in [6.07, 6.45) is 4.55. The van der Waals surface area contributed by atoms with Crippen LogP contribution >= 0.6 is 0 Å². The van der Waals surface area contributed by atoms with Crippen molar-refractivity contribution in [1.29, 1.82) is 0 Å². The van der Waals surface area contributed by atoms with Crippen molar-refractivity contribution in [2.75, 3.05) is 32.8 Å². The minimum Gasteiger partial charge on any atom is -0.465 e. The first-order valence-electron chi connectivity index (χ1n) is 7.95. The normalized spacial score (nSPS) is 26.0. The number of carbonyl (C=O) groups is 1. The van der Waals surface area contributed by atoms with Crippen LogP contribution in [0.5, 0.6) is 0 Å². The summed E-state index contributed by atoms with van der Waals surface area (Å²) in [5.74, 6) is -0.0986. The van der Waals surface area contributed by atoms with Crippen LogP contribution in [0.25, 0.3) is 0 Å². The molecule has 0 spiro atoms. The third-order valence-corrected chi connectivity index (χ3v) is 3.86. The molecule has 5 heteroatoms. The smallest absolute Gasteiger partial charge is 0.323 e. The Kier molecular flexibility index (Phi) is 6.26. The summed E-state index contributed by atoms with van der Waals surface area (Å²) >= 11 is 0. The highest BCUT2D eigenvalue weighted by Crippen LogP contribution is 2.20. The van der Waals surface area contributed by atoms with Gasteiger partial charge in [0.05, 0.1) is 12.7 Å². The fourth-order valence-electron chi connectivity index (χ4n) is 2.64. The topological polar surface area (TPSA) is 50.8 Å². The van der Waals surface area contributed by atoms with Crippen molar-refractivity contribution in [3.05, 3.63) is 0 Å². The van der Waals surface area contributed by atoms with E-state index in [4.69, 9.17) is 9.47 Å². The van der Waals surface area contributed by atoms with Gasteiger partial charge in [0.2, 0.25) is 0 Å². The molecule has 0 bridgehead atoms. The summed E-state index contributed by atoms with van der Waals surface area (Å²) in [5.41, 5.74) is 0. The Morgan fingerprint density at radius 1 is 1.50 bits per heavy atom. The van der Waals surface area contributed by atoms with Gasteiger partial charge in [0.25, 0.3) is 0 Å². The number of hydrogen-bond donors (Lipinski definition) is 1. The summed E-state index contributed by atoms with van der Waals surface area (Å²) in [7, 11) is 0. The van der Waals surface area contributed by atoms with Crippen LogP contribution in [0, 0.1) is 0 Å². The van der Waals surface area contributed by atoms with Crippen LogP contribution in [-0.4, -0.2) is 61.9 Å². The van der Waals surface area contributed by atoms with Gasteiger partial charge < -0.3 is 19.7 Å². The van der Waals surface area contributed by atoms with Gasteiger partial charge in [-0.3, -0.25) is 4.79 Å². The van der Waals surface area contributed by atoms with Gasteiger partial charge in [-0.05, 0) is 39.5 Å². The molecule has 2 fully saturated rings. The molecule has 1 N–H and O–H groups in total. The molecule has 1 aliphatic heterocycles. The monoisotopic (exact) mass is 284 g/mol. The molecular weight excluding hydrogens is 256 g/mol. The minimum absolute atomic E-state index is 0.0986. The van der Waals surface area contributed by atoms with Gasteiger partial charge in [0.1, 0.15) is 6.04 Å². The molecular formula is C15H28N2O3. The van der Waals surface area contributed by atoms with Gasteiger partial charge >= 0.3 is 5.97 Å². The quantitative estimate of drug-likeness (QED) is 0.711. The number of hydrogen-bond acceptors (Lipinski definition) is 5. The second-order valence-electron chi connectivity index (χ2n) is 5.87. The van der Waals surface area contributed by atoms with Crippen LogP contribution in [0.15, 0.2) is 0 Å². The molecule has 1 aliphatic carbocycles. The van der Waals surface area contributed by atoms with E-state index in [2.05, 4.69) is 17.1 Å². The average molecular weight is 284 g/mol. The van der Waals surface area contributed by atoms with E-state index >= 15 is 0 Å². The van der Waals surface area contributed by atoms with E-state index in [-0.39, 0.29) is 18.1 Å². The van der Waals surface area contributed by atoms with Crippen molar-refractivity contribution in [3.8, 4) is 0 Å². The molecule has 2 aliphatic rings. The second kappa shape index (κ2) is 7.96. The van der Waals surface area contributed by atoms with Crippen LogP contribution in [0.3, 0.4) is 0 Å². The molecule has 2 atom stereocenters. The standard InChI is InChI=1S/C15H28N2O3/c1-3-19-15(18)14(16-13-5-6-13)7-9-17-8-4-10-20-12(2)11-17/h12-14,16H,3-11H2,1-2H3. The molecule has 0 aromatic heterocycles. The predicted octanol–water partition coefficient (Wildman–Crippen LogP) is 1.17. The summed E-state index contributed by atoms with van der Waals surface area (Å²) in [6, 6.07) is 0.373. The highest BCUT2D eigenvalue weighted by atomic mass is 16.5. The lowest BCUT2D eigenvalue weighted by atomic mass is 10.2. The molecule has 1 heterocycles. The third-order valence-electron chi connectivity index (χ3n) is 3.86. The molecule has 0 aromatic carbocycles. The van der Waals surface area contributed by atoms with Gasteiger partial charge in [-0.1, -0.05) is 0 Å². The predicted molar refractivity (Wildman–Crippen MR) is 77.7 cm³/mol. The lowest BCUT2D eigenvalue weighted by Gasteiger charge is -2.24. The molecule has 20 heavy (non-hydrogen) atoms. The maximum Gasteiger partial charge on any atom is 0.323 e. The Hall–Kier alpha value is -0.650. The van der Waals surface area contributed by atoms with Gasteiger partial charge in [0.15, 0.2) is 0 Å². The molecule has 2 rings (SSSR count). The average Bonchev–Trinajstić information content (AvgIpc) is 3.23. The highest BCUT2D eigenvalue weighted by molar-refractivity contribution is 5.75. The Balaban J connectivity index is 1.78. The number of carbonyl (C=O) groups excluding carboxylic acids is 1. The molecule has 0 aromatic rings. The maximum absolute atomic E-state index is 12.0. The molecule has 116 valence electrons. The number of esters is 1. The zero-order valence-electron chi connectivity index (χ0n) is 12.8. The first kappa shape index (κ1) is 15.7. The highest BCUT2D eigenvalue weighted by Gasteiger charge is 2.29. The SMILES string of the molecule is CCOC(=O)C(CCN1CCCOC(C)C1)NC1CC1. The van der Waals surface area contributed by atoms with Crippen molar-refractivity contribution in [3.63, 3.8) is 0 Å². The first-order valence-corrected chi connectivity index (χ1v) is 7.95. The lowest BCUT2D eigenvalue weighted by molar-refractivity contribution is -0.146. The van der Waals surface area contributed by atoms with E-state index in [0.29, 0.717) is 12.6 Å². The van der Waals surface area contributed by atoms with Crippen molar-refractivity contribution < 1.29 is 14.3 Å². The van der Waals surface area contributed by atoms with E-state index in [1.165, 1.54) is 12.8 Å². The van der Waals surface area contributed by atoms with Gasteiger partial charge in [-0.15, -0.1) is 0 Å². The molecule has 1 saturated heterocycles. The zero-order chi connectivity index (χ0) is 14.4. The maximum atomic E-state index is 12.0. The van der Waals surface area contributed by atoms with Crippen molar-refractivity contribution in [2.24, 2.45) is 0 Å². The van der Waals surface area contributed by atoms with E-state index in [9.17, 15) is 4.79 Å². The summed E-state index contributed by atoms with van der Waals surface area (Å²) in [4.78, 5) is 14.4. The Labute approximate surface area is 122 Å². The fraction of sp³-hybridized carbons (Fsp3) is 0.933. The number of ether oxygens (including phenoxy) is 2. The molecule has 2 unspecified atom stereocenters. The molecule has 0 radical (unpaired) electrons. The van der Waals surface area contributed by atoms with E-state index < -0.39 is 0 Å². The summed E-state index contributed by atoms with van der Waals surface area (Å²) < 4.78 is 10.8. The summed E-state index contributed by atoms with van der Waals surface area (Å²) in [5, 5.41) is 3.41. The Morgan fingerprint density at radius 2 is 2.30 bits per heavy atom. The second-order valence-corrected chi connectivity index (χ2v) is 5.87. The van der Waals surface area contributed by atoms with Crippen molar-refractivity contribution in [2.45, 2.75) is 57.7 Å². The van der Waals surface area contributed by atoms with Crippen molar-refractivity contribution in [1.82, 2.24) is 10.2 Å². The zero-order valence-corrected chi connectivity index (χ0v) is 12.8.